The zero-order valence-corrected chi connectivity index (χ0v) is 11.9. The molecule has 1 fully saturated rings. The Morgan fingerprint density at radius 1 is 1.40 bits per heavy atom. The summed E-state index contributed by atoms with van der Waals surface area (Å²) in [7, 11) is 0. The first kappa shape index (κ1) is 14.8. The summed E-state index contributed by atoms with van der Waals surface area (Å²) in [5.74, 6) is 0.320. The lowest BCUT2D eigenvalue weighted by atomic mass is 9.92. The molecule has 0 aromatic heterocycles. The van der Waals surface area contributed by atoms with E-state index in [1.165, 1.54) is 5.56 Å². The van der Waals surface area contributed by atoms with E-state index in [9.17, 15) is 4.79 Å². The number of aryl methyl sites for hydroxylation is 1. The monoisotopic (exact) mass is 277 g/mol. The summed E-state index contributed by atoms with van der Waals surface area (Å²) < 4.78 is 5.70. The summed E-state index contributed by atoms with van der Waals surface area (Å²) >= 11 is 0. The van der Waals surface area contributed by atoms with E-state index in [1.54, 1.807) is 0 Å². The maximum absolute atomic E-state index is 11.3. The van der Waals surface area contributed by atoms with Crippen molar-refractivity contribution < 1.29 is 9.53 Å². The number of carbonyl (C=O) groups excluding carboxylic acids is 1. The van der Waals surface area contributed by atoms with E-state index < -0.39 is 0 Å². The maximum Gasteiger partial charge on any atom is 0.223 e. The van der Waals surface area contributed by atoms with Gasteiger partial charge in [0, 0.05) is 19.1 Å². The van der Waals surface area contributed by atoms with Crippen molar-refractivity contribution >= 4 is 5.91 Å². The van der Waals surface area contributed by atoms with Crippen LogP contribution in [0, 0.1) is 12.8 Å². The van der Waals surface area contributed by atoms with Crippen LogP contribution in [-0.4, -0.2) is 43.1 Å². The normalized spacial score (nSPS) is 23.5. The Balaban J connectivity index is 1.76. The Labute approximate surface area is 119 Å². The minimum absolute atomic E-state index is 0.109. The predicted octanol–water partition coefficient (Wildman–Crippen LogP) is 0.508. The van der Waals surface area contributed by atoms with E-state index in [0.29, 0.717) is 13.2 Å². The molecule has 0 radical (unpaired) electrons. The summed E-state index contributed by atoms with van der Waals surface area (Å²) in [5, 5.41) is 0. The third-order valence-electron chi connectivity index (χ3n) is 3.81. The highest BCUT2D eigenvalue weighted by molar-refractivity contribution is 5.77. The van der Waals surface area contributed by atoms with E-state index in [0.717, 1.165) is 25.3 Å². The van der Waals surface area contributed by atoms with Crippen molar-refractivity contribution in [1.82, 2.24) is 4.90 Å². The molecule has 1 aliphatic heterocycles. The minimum Gasteiger partial charge on any atom is -0.492 e. The average Bonchev–Trinajstić information content (AvgIpc) is 2.42. The second-order valence-electron chi connectivity index (χ2n) is 5.42. The van der Waals surface area contributed by atoms with Crippen LogP contribution in [0.25, 0.3) is 0 Å². The van der Waals surface area contributed by atoms with Crippen molar-refractivity contribution in [1.29, 1.82) is 0 Å². The lowest BCUT2D eigenvalue weighted by Gasteiger charge is -2.35. The van der Waals surface area contributed by atoms with Gasteiger partial charge in [-0.1, -0.05) is 17.7 Å². The molecule has 5 nitrogen and oxygen atoms in total. The van der Waals surface area contributed by atoms with Crippen LogP contribution in [0.15, 0.2) is 24.3 Å². The van der Waals surface area contributed by atoms with E-state index >= 15 is 0 Å². The topological polar surface area (TPSA) is 81.6 Å². The molecule has 0 saturated carbocycles. The van der Waals surface area contributed by atoms with Gasteiger partial charge < -0.3 is 16.2 Å². The second-order valence-corrected chi connectivity index (χ2v) is 5.42. The summed E-state index contributed by atoms with van der Waals surface area (Å²) in [5.41, 5.74) is 12.5. The fourth-order valence-corrected chi connectivity index (χ4v) is 2.47. The fraction of sp³-hybridized carbons (Fsp3) is 0.533. The van der Waals surface area contributed by atoms with Crippen molar-refractivity contribution in [3.8, 4) is 5.75 Å². The van der Waals surface area contributed by atoms with Crippen molar-refractivity contribution in [3.63, 3.8) is 0 Å². The number of hydrogen-bond donors (Lipinski definition) is 2. The molecule has 110 valence electrons. The standard InChI is InChI=1S/C15H23N3O2/c1-11-2-4-12(5-3-11)20-9-8-18-7-6-14(16)13(10-18)15(17)19/h2-5,13-14H,6-10,16H2,1H3,(H2,17,19). The molecule has 1 aromatic carbocycles. The van der Waals surface area contributed by atoms with Crippen LogP contribution in [0.5, 0.6) is 5.75 Å². The van der Waals surface area contributed by atoms with Crippen molar-refractivity contribution in [3.05, 3.63) is 29.8 Å². The zero-order chi connectivity index (χ0) is 14.5. The van der Waals surface area contributed by atoms with Crippen LogP contribution >= 0.6 is 0 Å². The Bertz CT molecular complexity index is 447. The highest BCUT2D eigenvalue weighted by atomic mass is 16.5. The lowest BCUT2D eigenvalue weighted by Crippen LogP contribution is -2.52. The first-order valence-corrected chi connectivity index (χ1v) is 7.03. The third-order valence-corrected chi connectivity index (χ3v) is 3.81. The molecule has 0 aliphatic carbocycles. The highest BCUT2D eigenvalue weighted by Crippen LogP contribution is 2.16. The molecule has 1 amide bonds. The summed E-state index contributed by atoms with van der Waals surface area (Å²) in [6.45, 7) is 4.95. The number of benzene rings is 1. The number of nitrogens with zero attached hydrogens (tertiary/aromatic N) is 1. The van der Waals surface area contributed by atoms with Gasteiger partial charge in [0.1, 0.15) is 12.4 Å². The molecule has 0 bridgehead atoms. The fourth-order valence-electron chi connectivity index (χ4n) is 2.47. The van der Waals surface area contributed by atoms with Gasteiger partial charge in [-0.25, -0.2) is 0 Å². The van der Waals surface area contributed by atoms with Crippen LogP contribution in [0.2, 0.25) is 0 Å². The zero-order valence-electron chi connectivity index (χ0n) is 11.9. The molecule has 1 saturated heterocycles. The smallest absolute Gasteiger partial charge is 0.223 e. The number of nitrogens with two attached hydrogens (primary N) is 2. The number of hydrogen-bond acceptors (Lipinski definition) is 4. The molecule has 2 unspecified atom stereocenters. The van der Waals surface area contributed by atoms with Crippen LogP contribution in [0.4, 0.5) is 0 Å². The van der Waals surface area contributed by atoms with E-state index in [1.807, 2.05) is 31.2 Å². The van der Waals surface area contributed by atoms with Gasteiger partial charge in [0.15, 0.2) is 0 Å². The van der Waals surface area contributed by atoms with Crippen LogP contribution in [0.3, 0.4) is 0 Å². The van der Waals surface area contributed by atoms with Gasteiger partial charge in [-0.2, -0.15) is 0 Å². The van der Waals surface area contributed by atoms with Gasteiger partial charge in [-0.15, -0.1) is 0 Å². The maximum atomic E-state index is 11.3. The number of carbonyl (C=O) groups is 1. The predicted molar refractivity (Wildman–Crippen MR) is 78.4 cm³/mol. The Kier molecular flexibility index (Phi) is 4.98. The van der Waals surface area contributed by atoms with Gasteiger partial charge in [-0.05, 0) is 32.0 Å². The number of ether oxygens (including phenoxy) is 1. The molecule has 1 aliphatic rings. The molecule has 4 N–H and O–H groups in total. The number of likely N-dealkylation sites (tertiary alicyclic amines) is 1. The molecule has 2 atom stereocenters. The summed E-state index contributed by atoms with van der Waals surface area (Å²) in [6, 6.07) is 7.87. The Morgan fingerprint density at radius 3 is 2.75 bits per heavy atom. The molecular weight excluding hydrogens is 254 g/mol. The average molecular weight is 277 g/mol. The number of piperidine rings is 1. The van der Waals surface area contributed by atoms with E-state index in [4.69, 9.17) is 16.2 Å². The number of primary amides is 1. The quantitative estimate of drug-likeness (QED) is 0.821. The SMILES string of the molecule is Cc1ccc(OCCN2CCC(N)C(C(N)=O)C2)cc1. The molecular formula is C15H23N3O2. The summed E-state index contributed by atoms with van der Waals surface area (Å²) in [4.78, 5) is 13.5. The van der Waals surface area contributed by atoms with Crippen molar-refractivity contribution in [2.75, 3.05) is 26.2 Å². The first-order valence-electron chi connectivity index (χ1n) is 7.03. The lowest BCUT2D eigenvalue weighted by molar-refractivity contribution is -0.124. The van der Waals surface area contributed by atoms with Crippen LogP contribution in [0.1, 0.15) is 12.0 Å². The molecule has 1 aromatic rings. The Hall–Kier alpha value is -1.59. The van der Waals surface area contributed by atoms with E-state index in [2.05, 4.69) is 4.90 Å². The first-order chi connectivity index (χ1) is 9.56. The van der Waals surface area contributed by atoms with Gasteiger partial charge >= 0.3 is 0 Å². The number of rotatable bonds is 5. The summed E-state index contributed by atoms with van der Waals surface area (Å²) in [6.07, 6.45) is 0.804. The third kappa shape index (κ3) is 3.95. The van der Waals surface area contributed by atoms with Gasteiger partial charge in [-0.3, -0.25) is 9.69 Å². The molecule has 20 heavy (non-hydrogen) atoms. The van der Waals surface area contributed by atoms with E-state index in [-0.39, 0.29) is 17.9 Å². The van der Waals surface area contributed by atoms with Gasteiger partial charge in [0.2, 0.25) is 5.91 Å². The molecule has 0 spiro atoms. The number of amides is 1. The van der Waals surface area contributed by atoms with Gasteiger partial charge in [0.05, 0.1) is 5.92 Å². The largest absolute Gasteiger partial charge is 0.492 e. The second kappa shape index (κ2) is 6.72. The molecule has 5 heteroatoms. The van der Waals surface area contributed by atoms with Crippen LogP contribution in [-0.2, 0) is 4.79 Å². The van der Waals surface area contributed by atoms with Crippen LogP contribution < -0.4 is 16.2 Å². The van der Waals surface area contributed by atoms with Gasteiger partial charge in [0.25, 0.3) is 0 Å². The Morgan fingerprint density at radius 2 is 2.10 bits per heavy atom. The highest BCUT2D eigenvalue weighted by Gasteiger charge is 2.30. The molecule has 1 heterocycles. The minimum atomic E-state index is -0.304. The van der Waals surface area contributed by atoms with Crippen molar-refractivity contribution in [2.24, 2.45) is 17.4 Å². The molecule has 2 rings (SSSR count). The van der Waals surface area contributed by atoms with Crippen molar-refractivity contribution in [2.45, 2.75) is 19.4 Å².